The van der Waals surface area contributed by atoms with Crippen LogP contribution in [-0.2, 0) is 6.54 Å². The molecule has 0 radical (unpaired) electrons. The van der Waals surface area contributed by atoms with Crippen LogP contribution in [0, 0.1) is 0 Å². The van der Waals surface area contributed by atoms with Gasteiger partial charge in [-0.05, 0) is 25.4 Å². The Morgan fingerprint density at radius 3 is 3.06 bits per heavy atom. The van der Waals surface area contributed by atoms with E-state index >= 15 is 0 Å². The van der Waals surface area contributed by atoms with Crippen LogP contribution < -0.4 is 10.9 Å². The van der Waals surface area contributed by atoms with E-state index in [0.717, 1.165) is 12.2 Å². The van der Waals surface area contributed by atoms with Gasteiger partial charge in [-0.2, -0.15) is 16.9 Å². The van der Waals surface area contributed by atoms with E-state index in [9.17, 15) is 4.79 Å². The third-order valence-corrected chi connectivity index (χ3v) is 3.45. The second-order valence-corrected chi connectivity index (χ2v) is 5.34. The maximum Gasteiger partial charge on any atom is 0.287 e. The molecule has 0 aliphatic heterocycles. The van der Waals surface area contributed by atoms with Crippen LogP contribution in [0.5, 0.6) is 0 Å². The predicted molar refractivity (Wildman–Crippen MR) is 79.8 cm³/mol. The number of hydrogen-bond acceptors (Lipinski definition) is 4. The fraction of sp³-hybridized carbons (Fsp3) is 0.500. The van der Waals surface area contributed by atoms with Crippen LogP contribution in [0.15, 0.2) is 23.6 Å². The predicted octanol–water partition coefficient (Wildman–Crippen LogP) is 2.64. The molecule has 1 unspecified atom stereocenters. The van der Waals surface area contributed by atoms with Crippen molar-refractivity contribution in [2.24, 2.45) is 0 Å². The van der Waals surface area contributed by atoms with E-state index in [2.05, 4.69) is 30.2 Å². The number of rotatable bonds is 7. The molecule has 18 heavy (non-hydrogen) atoms. The molecule has 1 N–H and O–H groups in total. The van der Waals surface area contributed by atoms with Crippen LogP contribution in [0.3, 0.4) is 0 Å². The van der Waals surface area contributed by atoms with Gasteiger partial charge in [0, 0.05) is 6.04 Å². The molecule has 0 aromatic carbocycles. The minimum absolute atomic E-state index is 0.183. The number of nitrogens with zero attached hydrogens (tertiary/aromatic N) is 2. The van der Waals surface area contributed by atoms with E-state index in [-0.39, 0.29) is 16.6 Å². The Bertz CT molecular complexity index is 461. The average molecular weight is 288 g/mol. The summed E-state index contributed by atoms with van der Waals surface area (Å²) in [6, 6.07) is 0.256. The molecule has 0 spiro atoms. The highest BCUT2D eigenvalue weighted by molar-refractivity contribution is 7.98. The fourth-order valence-corrected chi connectivity index (χ4v) is 2.24. The Morgan fingerprint density at radius 1 is 1.72 bits per heavy atom. The Hall–Kier alpha value is -0.940. The van der Waals surface area contributed by atoms with Crippen LogP contribution in [0.2, 0.25) is 5.02 Å². The molecule has 0 saturated carbocycles. The molecule has 0 saturated heterocycles. The van der Waals surface area contributed by atoms with Gasteiger partial charge < -0.3 is 5.32 Å². The number of nitrogens with one attached hydrogen (secondary N) is 1. The van der Waals surface area contributed by atoms with Crippen molar-refractivity contribution in [2.75, 3.05) is 17.3 Å². The number of halogens is 1. The summed E-state index contributed by atoms with van der Waals surface area (Å²) in [4.78, 5) is 11.9. The van der Waals surface area contributed by atoms with Gasteiger partial charge in [0.25, 0.3) is 5.56 Å². The summed E-state index contributed by atoms with van der Waals surface area (Å²) in [7, 11) is 0. The molecule has 0 amide bonds. The van der Waals surface area contributed by atoms with Gasteiger partial charge in [0.2, 0.25) is 0 Å². The Labute approximate surface area is 116 Å². The van der Waals surface area contributed by atoms with E-state index < -0.39 is 0 Å². The monoisotopic (exact) mass is 287 g/mol. The molecule has 1 rings (SSSR count). The van der Waals surface area contributed by atoms with Crippen molar-refractivity contribution in [3.63, 3.8) is 0 Å². The summed E-state index contributed by atoms with van der Waals surface area (Å²) in [5.74, 6) is 1.06. The number of anilines is 1. The first kappa shape index (κ1) is 15.1. The highest BCUT2D eigenvalue weighted by Crippen LogP contribution is 2.17. The van der Waals surface area contributed by atoms with Gasteiger partial charge >= 0.3 is 0 Å². The highest BCUT2D eigenvalue weighted by Gasteiger charge is 2.10. The van der Waals surface area contributed by atoms with Crippen molar-refractivity contribution < 1.29 is 0 Å². The molecular formula is C12H18ClN3OS. The molecule has 100 valence electrons. The molecule has 0 aliphatic carbocycles. The van der Waals surface area contributed by atoms with Crippen molar-refractivity contribution in [1.29, 1.82) is 0 Å². The van der Waals surface area contributed by atoms with Crippen molar-refractivity contribution in [2.45, 2.75) is 25.9 Å². The Morgan fingerprint density at radius 2 is 2.44 bits per heavy atom. The lowest BCUT2D eigenvalue weighted by Gasteiger charge is -2.15. The maximum absolute atomic E-state index is 11.9. The first-order valence-electron chi connectivity index (χ1n) is 5.72. The molecular weight excluding hydrogens is 270 g/mol. The van der Waals surface area contributed by atoms with Gasteiger partial charge in [-0.25, -0.2) is 4.68 Å². The molecule has 6 heteroatoms. The van der Waals surface area contributed by atoms with Gasteiger partial charge in [0.1, 0.15) is 5.02 Å². The van der Waals surface area contributed by atoms with Crippen molar-refractivity contribution in [3.8, 4) is 0 Å². The molecule has 0 bridgehead atoms. The summed E-state index contributed by atoms with van der Waals surface area (Å²) < 4.78 is 1.28. The molecule has 4 nitrogen and oxygen atoms in total. The minimum atomic E-state index is -0.293. The molecule has 0 aliphatic rings. The summed E-state index contributed by atoms with van der Waals surface area (Å²) in [5, 5.41) is 7.43. The third kappa shape index (κ3) is 4.07. The average Bonchev–Trinajstić information content (AvgIpc) is 2.36. The highest BCUT2D eigenvalue weighted by atomic mass is 35.5. The van der Waals surface area contributed by atoms with Crippen molar-refractivity contribution >= 4 is 29.1 Å². The molecule has 1 aromatic heterocycles. The summed E-state index contributed by atoms with van der Waals surface area (Å²) in [5.41, 5.74) is 0.300. The molecule has 0 fully saturated rings. The van der Waals surface area contributed by atoms with Gasteiger partial charge in [0.05, 0.1) is 18.4 Å². The van der Waals surface area contributed by atoms with E-state index in [1.54, 1.807) is 24.0 Å². The van der Waals surface area contributed by atoms with E-state index in [0.29, 0.717) is 12.2 Å². The number of allylic oxidation sites excluding steroid dienone is 1. The second kappa shape index (κ2) is 7.48. The van der Waals surface area contributed by atoms with E-state index in [1.807, 2.05) is 0 Å². The zero-order valence-corrected chi connectivity index (χ0v) is 12.2. The summed E-state index contributed by atoms with van der Waals surface area (Å²) >= 11 is 7.83. The van der Waals surface area contributed by atoms with Crippen molar-refractivity contribution in [3.05, 3.63) is 34.2 Å². The van der Waals surface area contributed by atoms with Crippen LogP contribution in [0.4, 0.5) is 5.69 Å². The number of aromatic nitrogens is 2. The number of hydrogen-bond donors (Lipinski definition) is 1. The normalized spacial score (nSPS) is 12.2. The Kier molecular flexibility index (Phi) is 6.29. The Balaban J connectivity index is 2.82. The van der Waals surface area contributed by atoms with Crippen LogP contribution >= 0.6 is 23.4 Å². The minimum Gasteiger partial charge on any atom is -0.380 e. The van der Waals surface area contributed by atoms with Gasteiger partial charge in [-0.1, -0.05) is 17.7 Å². The van der Waals surface area contributed by atoms with Gasteiger partial charge in [-0.15, -0.1) is 6.58 Å². The van der Waals surface area contributed by atoms with Gasteiger partial charge in [-0.3, -0.25) is 4.79 Å². The van der Waals surface area contributed by atoms with Crippen LogP contribution in [-0.4, -0.2) is 27.8 Å². The number of thioether (sulfide) groups is 1. The zero-order valence-electron chi connectivity index (χ0n) is 10.6. The van der Waals surface area contributed by atoms with Gasteiger partial charge in [0.15, 0.2) is 0 Å². The zero-order chi connectivity index (χ0) is 13.5. The first-order valence-corrected chi connectivity index (χ1v) is 7.49. The fourth-order valence-electron chi connectivity index (χ4n) is 1.45. The SMILES string of the molecule is C=CCn1ncc(NC(C)CCSC)c(Cl)c1=O. The first-order chi connectivity index (χ1) is 8.60. The quantitative estimate of drug-likeness (QED) is 0.783. The smallest absolute Gasteiger partial charge is 0.287 e. The molecule has 1 heterocycles. The lowest BCUT2D eigenvalue weighted by Crippen LogP contribution is -2.25. The summed E-state index contributed by atoms with van der Waals surface area (Å²) in [6.45, 7) is 5.99. The third-order valence-electron chi connectivity index (χ3n) is 2.44. The lowest BCUT2D eigenvalue weighted by molar-refractivity contribution is 0.651. The van der Waals surface area contributed by atoms with Crippen LogP contribution in [0.25, 0.3) is 0 Å². The topological polar surface area (TPSA) is 46.9 Å². The van der Waals surface area contributed by atoms with E-state index in [4.69, 9.17) is 11.6 Å². The van der Waals surface area contributed by atoms with Crippen LogP contribution in [0.1, 0.15) is 13.3 Å². The largest absolute Gasteiger partial charge is 0.380 e. The second-order valence-electron chi connectivity index (χ2n) is 3.98. The lowest BCUT2D eigenvalue weighted by atomic mass is 10.2. The molecule has 1 atom stereocenters. The van der Waals surface area contributed by atoms with E-state index in [1.165, 1.54) is 4.68 Å². The maximum atomic E-state index is 11.9. The van der Waals surface area contributed by atoms with Crippen molar-refractivity contribution in [1.82, 2.24) is 9.78 Å². The molecule has 1 aromatic rings. The summed E-state index contributed by atoms with van der Waals surface area (Å²) in [6.07, 6.45) is 6.27. The standard InChI is InChI=1S/C12H18ClN3OS/c1-4-6-16-12(17)11(13)10(8-14-16)15-9(2)5-7-18-3/h4,8-9,15H,1,5-7H2,2-3H3.